The number of hydrogen-bond donors (Lipinski definition) is 0. The van der Waals surface area contributed by atoms with Gasteiger partial charge in [0.2, 0.25) is 0 Å². The number of hydrogen-bond acceptors (Lipinski definition) is 0. The first-order valence-electron chi connectivity index (χ1n) is 8.02. The molecule has 0 radical (unpaired) electrons. The van der Waals surface area contributed by atoms with E-state index in [9.17, 15) is 0 Å². The second-order valence-electron chi connectivity index (χ2n) is 6.76. The molecule has 0 heteroatoms. The molecular formula is C17H36. The summed E-state index contributed by atoms with van der Waals surface area (Å²) >= 11 is 0. The zero-order valence-electron chi connectivity index (χ0n) is 13.1. The van der Waals surface area contributed by atoms with E-state index < -0.39 is 0 Å². The number of rotatable bonds is 10. The van der Waals surface area contributed by atoms with Crippen LogP contribution in [0.2, 0.25) is 0 Å². The highest BCUT2D eigenvalue weighted by molar-refractivity contribution is 4.74. The summed E-state index contributed by atoms with van der Waals surface area (Å²) < 4.78 is 0. The molecule has 0 nitrogen and oxygen atoms in total. The fourth-order valence-corrected chi connectivity index (χ4v) is 2.65. The predicted molar refractivity (Wildman–Crippen MR) is 80.5 cm³/mol. The molecule has 0 saturated carbocycles. The molecule has 0 saturated heterocycles. The Morgan fingerprint density at radius 3 is 1.53 bits per heavy atom. The maximum Gasteiger partial charge on any atom is -0.0354 e. The standard InChI is InChI=1S/C17H36/c1-6-8-10-11-13-15-16(17(3,4)5)14-12-9-7-2/h16H,6-15H2,1-5H3. The third-order valence-electron chi connectivity index (χ3n) is 4.04. The monoisotopic (exact) mass is 240 g/mol. The van der Waals surface area contributed by atoms with Gasteiger partial charge in [0.25, 0.3) is 0 Å². The van der Waals surface area contributed by atoms with E-state index in [1.807, 2.05) is 0 Å². The zero-order chi connectivity index (χ0) is 13.1. The Morgan fingerprint density at radius 2 is 1.06 bits per heavy atom. The van der Waals surface area contributed by atoms with Gasteiger partial charge in [0.05, 0.1) is 0 Å². The van der Waals surface area contributed by atoms with Crippen molar-refractivity contribution >= 4 is 0 Å². The van der Waals surface area contributed by atoms with Crippen molar-refractivity contribution < 1.29 is 0 Å². The van der Waals surface area contributed by atoms with Crippen LogP contribution in [0.1, 0.15) is 98.8 Å². The first-order chi connectivity index (χ1) is 8.02. The molecule has 0 rings (SSSR count). The lowest BCUT2D eigenvalue weighted by atomic mass is 9.75. The fourth-order valence-electron chi connectivity index (χ4n) is 2.65. The summed E-state index contributed by atoms with van der Waals surface area (Å²) in [4.78, 5) is 0. The molecule has 0 heterocycles. The molecule has 0 spiro atoms. The van der Waals surface area contributed by atoms with Crippen LogP contribution in [-0.2, 0) is 0 Å². The molecule has 17 heavy (non-hydrogen) atoms. The average Bonchev–Trinajstić information content (AvgIpc) is 2.25. The molecule has 0 aliphatic carbocycles. The Morgan fingerprint density at radius 1 is 0.647 bits per heavy atom. The maximum atomic E-state index is 2.43. The van der Waals surface area contributed by atoms with Crippen molar-refractivity contribution in [2.24, 2.45) is 11.3 Å². The quantitative estimate of drug-likeness (QED) is 0.378. The van der Waals surface area contributed by atoms with Crippen molar-refractivity contribution in [3.8, 4) is 0 Å². The minimum Gasteiger partial charge on any atom is -0.0654 e. The Labute approximate surface area is 111 Å². The van der Waals surface area contributed by atoms with Crippen LogP contribution >= 0.6 is 0 Å². The molecule has 0 N–H and O–H groups in total. The summed E-state index contributed by atoms with van der Waals surface area (Å²) in [5.41, 5.74) is 0.512. The second kappa shape index (κ2) is 9.97. The lowest BCUT2D eigenvalue weighted by Crippen LogP contribution is -2.20. The van der Waals surface area contributed by atoms with E-state index in [0.29, 0.717) is 5.41 Å². The molecule has 0 aromatic heterocycles. The molecule has 0 amide bonds. The van der Waals surface area contributed by atoms with Gasteiger partial charge in [-0.2, -0.15) is 0 Å². The van der Waals surface area contributed by atoms with Crippen molar-refractivity contribution in [1.29, 1.82) is 0 Å². The molecule has 0 aliphatic rings. The van der Waals surface area contributed by atoms with Crippen molar-refractivity contribution in [3.63, 3.8) is 0 Å². The lowest BCUT2D eigenvalue weighted by Gasteiger charge is -2.31. The van der Waals surface area contributed by atoms with E-state index in [1.165, 1.54) is 64.2 Å². The first kappa shape index (κ1) is 17.0. The molecule has 1 unspecified atom stereocenters. The van der Waals surface area contributed by atoms with Crippen molar-refractivity contribution in [2.75, 3.05) is 0 Å². The molecule has 0 aliphatic heterocycles. The summed E-state index contributed by atoms with van der Waals surface area (Å²) in [6.07, 6.45) is 14.3. The molecule has 0 aromatic carbocycles. The van der Waals surface area contributed by atoms with Crippen LogP contribution in [-0.4, -0.2) is 0 Å². The SMILES string of the molecule is CCCCCCCC(CCCCC)C(C)(C)C. The van der Waals surface area contributed by atoms with Crippen LogP contribution in [0.5, 0.6) is 0 Å². The second-order valence-corrected chi connectivity index (χ2v) is 6.76. The van der Waals surface area contributed by atoms with Crippen molar-refractivity contribution in [3.05, 3.63) is 0 Å². The van der Waals surface area contributed by atoms with E-state index in [2.05, 4.69) is 34.6 Å². The molecule has 0 fully saturated rings. The lowest BCUT2D eigenvalue weighted by molar-refractivity contribution is 0.201. The summed E-state index contributed by atoms with van der Waals surface area (Å²) in [5, 5.41) is 0. The van der Waals surface area contributed by atoms with E-state index in [-0.39, 0.29) is 0 Å². The average molecular weight is 240 g/mol. The highest BCUT2D eigenvalue weighted by Gasteiger charge is 2.23. The van der Waals surface area contributed by atoms with E-state index in [1.54, 1.807) is 0 Å². The third-order valence-corrected chi connectivity index (χ3v) is 4.04. The minimum absolute atomic E-state index is 0.512. The molecule has 0 bridgehead atoms. The topological polar surface area (TPSA) is 0 Å². The highest BCUT2D eigenvalue weighted by atomic mass is 14.3. The van der Waals surface area contributed by atoms with Crippen LogP contribution in [0, 0.1) is 11.3 Å². The van der Waals surface area contributed by atoms with Crippen LogP contribution in [0.15, 0.2) is 0 Å². The van der Waals surface area contributed by atoms with E-state index in [0.717, 1.165) is 5.92 Å². The molecule has 104 valence electrons. The normalized spacial score (nSPS) is 13.9. The van der Waals surface area contributed by atoms with Gasteiger partial charge in [0, 0.05) is 0 Å². The Kier molecular flexibility index (Phi) is 9.97. The van der Waals surface area contributed by atoms with Crippen LogP contribution in [0.3, 0.4) is 0 Å². The smallest absolute Gasteiger partial charge is 0.0354 e. The van der Waals surface area contributed by atoms with Gasteiger partial charge in [-0.25, -0.2) is 0 Å². The van der Waals surface area contributed by atoms with Gasteiger partial charge in [-0.3, -0.25) is 0 Å². The van der Waals surface area contributed by atoms with Gasteiger partial charge >= 0.3 is 0 Å². The van der Waals surface area contributed by atoms with Crippen LogP contribution < -0.4 is 0 Å². The van der Waals surface area contributed by atoms with Crippen LogP contribution in [0.25, 0.3) is 0 Å². The van der Waals surface area contributed by atoms with E-state index in [4.69, 9.17) is 0 Å². The van der Waals surface area contributed by atoms with Crippen molar-refractivity contribution in [2.45, 2.75) is 98.8 Å². The summed E-state index contributed by atoms with van der Waals surface area (Å²) in [7, 11) is 0. The Hall–Kier alpha value is 0. The highest BCUT2D eigenvalue weighted by Crippen LogP contribution is 2.34. The predicted octanol–water partition coefficient (Wildman–Crippen LogP) is 6.59. The zero-order valence-corrected chi connectivity index (χ0v) is 13.1. The van der Waals surface area contributed by atoms with Gasteiger partial charge < -0.3 is 0 Å². The molecular weight excluding hydrogens is 204 g/mol. The van der Waals surface area contributed by atoms with Crippen LogP contribution in [0.4, 0.5) is 0 Å². The number of unbranched alkanes of at least 4 members (excludes halogenated alkanes) is 6. The van der Waals surface area contributed by atoms with Gasteiger partial charge in [0.15, 0.2) is 0 Å². The van der Waals surface area contributed by atoms with Gasteiger partial charge in [-0.05, 0) is 24.2 Å². The Bertz CT molecular complexity index is 152. The largest absolute Gasteiger partial charge is 0.0654 e. The van der Waals surface area contributed by atoms with Gasteiger partial charge in [-0.15, -0.1) is 0 Å². The van der Waals surface area contributed by atoms with E-state index >= 15 is 0 Å². The fraction of sp³-hybridized carbons (Fsp3) is 1.00. The molecule has 0 aromatic rings. The third kappa shape index (κ3) is 9.68. The Balaban J connectivity index is 3.78. The first-order valence-corrected chi connectivity index (χ1v) is 8.02. The minimum atomic E-state index is 0.512. The van der Waals surface area contributed by atoms with Gasteiger partial charge in [-0.1, -0.05) is 86.0 Å². The summed E-state index contributed by atoms with van der Waals surface area (Å²) in [6, 6.07) is 0. The van der Waals surface area contributed by atoms with Crippen molar-refractivity contribution in [1.82, 2.24) is 0 Å². The maximum absolute atomic E-state index is 2.43. The summed E-state index contributed by atoms with van der Waals surface area (Å²) in [5.74, 6) is 0.940. The van der Waals surface area contributed by atoms with Gasteiger partial charge in [0.1, 0.15) is 0 Å². The molecule has 1 atom stereocenters. The summed E-state index contributed by atoms with van der Waals surface area (Å²) in [6.45, 7) is 11.9.